The molecule has 1 unspecified atom stereocenters. The van der Waals surface area contributed by atoms with E-state index in [9.17, 15) is 0 Å². The van der Waals surface area contributed by atoms with Crippen LogP contribution >= 0.6 is 27.3 Å². The summed E-state index contributed by atoms with van der Waals surface area (Å²) < 4.78 is 1.13. The molecule has 7 heteroatoms. The standard InChI is InChI=1S/C19H26BrN5S/c1-14-18(26-13-23-14)12-22-19(21-3)25-10-8-24(9-11-25)15(2)16-4-6-17(20)7-5-16/h4-7,13,15H,8-12H2,1-3H3,(H,21,22). The van der Waals surface area contributed by atoms with Crippen LogP contribution in [0.25, 0.3) is 0 Å². The summed E-state index contributed by atoms with van der Waals surface area (Å²) >= 11 is 5.20. The molecule has 1 aromatic heterocycles. The number of aromatic nitrogens is 1. The molecule has 1 aromatic carbocycles. The molecule has 1 fully saturated rings. The Morgan fingerprint density at radius 2 is 1.96 bits per heavy atom. The fraction of sp³-hybridized carbons (Fsp3) is 0.474. The summed E-state index contributed by atoms with van der Waals surface area (Å²) in [6, 6.07) is 9.09. The number of halogens is 1. The second-order valence-corrected chi connectivity index (χ2v) is 8.37. The smallest absolute Gasteiger partial charge is 0.194 e. The molecular weight excluding hydrogens is 410 g/mol. The second kappa shape index (κ2) is 8.97. The van der Waals surface area contributed by atoms with Crippen molar-refractivity contribution in [3.63, 3.8) is 0 Å². The van der Waals surface area contributed by atoms with Gasteiger partial charge in [-0.25, -0.2) is 4.98 Å². The summed E-state index contributed by atoms with van der Waals surface area (Å²) in [5.74, 6) is 0.980. The lowest BCUT2D eigenvalue weighted by Crippen LogP contribution is -2.52. The van der Waals surface area contributed by atoms with Crippen LogP contribution in [0.4, 0.5) is 0 Å². The quantitative estimate of drug-likeness (QED) is 0.587. The van der Waals surface area contributed by atoms with Gasteiger partial charge in [-0.05, 0) is 31.5 Å². The first kappa shape index (κ1) is 19.3. The third kappa shape index (κ3) is 4.64. The van der Waals surface area contributed by atoms with Crippen LogP contribution in [-0.2, 0) is 6.54 Å². The average molecular weight is 436 g/mol. The third-order valence-corrected chi connectivity index (χ3v) is 6.44. The predicted octanol–water partition coefficient (Wildman–Crippen LogP) is 3.67. The fourth-order valence-electron chi connectivity index (χ4n) is 3.26. The number of nitrogens with zero attached hydrogens (tertiary/aromatic N) is 4. The Kier molecular flexibility index (Phi) is 6.67. The van der Waals surface area contributed by atoms with Crippen LogP contribution in [0, 0.1) is 6.92 Å². The monoisotopic (exact) mass is 435 g/mol. The number of hydrogen-bond acceptors (Lipinski definition) is 4. The SMILES string of the molecule is CN=C(NCc1scnc1C)N1CCN(C(C)c2ccc(Br)cc2)CC1. The lowest BCUT2D eigenvalue weighted by molar-refractivity contribution is 0.138. The van der Waals surface area contributed by atoms with E-state index >= 15 is 0 Å². The highest BCUT2D eigenvalue weighted by Gasteiger charge is 2.23. The van der Waals surface area contributed by atoms with E-state index in [1.54, 1.807) is 11.3 Å². The minimum atomic E-state index is 0.431. The zero-order valence-electron chi connectivity index (χ0n) is 15.6. The molecule has 26 heavy (non-hydrogen) atoms. The van der Waals surface area contributed by atoms with Crippen LogP contribution in [0.3, 0.4) is 0 Å². The van der Waals surface area contributed by atoms with Crippen molar-refractivity contribution in [2.24, 2.45) is 4.99 Å². The van der Waals surface area contributed by atoms with Crippen molar-refractivity contribution >= 4 is 33.2 Å². The summed E-state index contributed by atoms with van der Waals surface area (Å²) in [7, 11) is 1.86. The van der Waals surface area contributed by atoms with E-state index < -0.39 is 0 Å². The van der Waals surface area contributed by atoms with Gasteiger partial charge in [0.25, 0.3) is 0 Å². The van der Waals surface area contributed by atoms with Gasteiger partial charge in [0.15, 0.2) is 5.96 Å². The van der Waals surface area contributed by atoms with Crippen molar-refractivity contribution in [1.29, 1.82) is 0 Å². The number of hydrogen-bond donors (Lipinski definition) is 1. The van der Waals surface area contributed by atoms with Gasteiger partial charge in [-0.1, -0.05) is 28.1 Å². The summed E-state index contributed by atoms with van der Waals surface area (Å²) in [4.78, 5) is 14.9. The molecule has 140 valence electrons. The van der Waals surface area contributed by atoms with Crippen LogP contribution in [0.15, 0.2) is 39.2 Å². The molecule has 3 rings (SSSR count). The molecule has 1 aliphatic rings. The third-order valence-electron chi connectivity index (χ3n) is 4.98. The molecule has 0 bridgehead atoms. The van der Waals surface area contributed by atoms with E-state index in [4.69, 9.17) is 0 Å². The lowest BCUT2D eigenvalue weighted by Gasteiger charge is -2.39. The Hall–Kier alpha value is -1.44. The highest BCUT2D eigenvalue weighted by atomic mass is 79.9. The van der Waals surface area contributed by atoms with Gasteiger partial charge in [0.1, 0.15) is 0 Å². The number of aryl methyl sites for hydroxylation is 1. The Balaban J connectivity index is 1.53. The first-order chi connectivity index (χ1) is 12.6. The molecule has 5 nitrogen and oxygen atoms in total. The van der Waals surface area contributed by atoms with Crippen LogP contribution < -0.4 is 5.32 Å². The summed E-state index contributed by atoms with van der Waals surface area (Å²) in [6.45, 7) is 9.19. The maximum absolute atomic E-state index is 4.47. The predicted molar refractivity (Wildman–Crippen MR) is 113 cm³/mol. The summed E-state index contributed by atoms with van der Waals surface area (Å²) in [6.07, 6.45) is 0. The van der Waals surface area contributed by atoms with Gasteiger partial charge in [-0.2, -0.15) is 0 Å². The molecule has 1 N–H and O–H groups in total. The van der Waals surface area contributed by atoms with Crippen molar-refractivity contribution in [2.45, 2.75) is 26.4 Å². The zero-order chi connectivity index (χ0) is 18.5. The van der Waals surface area contributed by atoms with Gasteiger partial charge in [-0.15, -0.1) is 11.3 Å². The normalized spacial score (nSPS) is 17.4. The minimum Gasteiger partial charge on any atom is -0.351 e. The molecular formula is C19H26BrN5S. The van der Waals surface area contributed by atoms with Gasteiger partial charge < -0.3 is 10.2 Å². The summed E-state index contributed by atoms with van der Waals surface area (Å²) in [5, 5.41) is 3.49. The van der Waals surface area contributed by atoms with Crippen LogP contribution in [-0.4, -0.2) is 54.0 Å². The molecule has 1 atom stereocenters. The highest BCUT2D eigenvalue weighted by Crippen LogP contribution is 2.23. The van der Waals surface area contributed by atoms with E-state index in [1.165, 1.54) is 10.4 Å². The average Bonchev–Trinajstić information content (AvgIpc) is 3.08. The topological polar surface area (TPSA) is 43.8 Å². The first-order valence-electron chi connectivity index (χ1n) is 8.92. The number of guanidine groups is 1. The maximum Gasteiger partial charge on any atom is 0.194 e. The largest absolute Gasteiger partial charge is 0.351 e. The fourth-order valence-corrected chi connectivity index (χ4v) is 4.24. The molecule has 0 aliphatic carbocycles. The van der Waals surface area contributed by atoms with Gasteiger partial charge in [0, 0.05) is 48.6 Å². The van der Waals surface area contributed by atoms with E-state index in [0.29, 0.717) is 6.04 Å². The van der Waals surface area contributed by atoms with Gasteiger partial charge >= 0.3 is 0 Å². The second-order valence-electron chi connectivity index (χ2n) is 6.51. The van der Waals surface area contributed by atoms with Crippen molar-refractivity contribution in [3.05, 3.63) is 50.4 Å². The van der Waals surface area contributed by atoms with Gasteiger partial charge in [0.05, 0.1) is 17.7 Å². The maximum atomic E-state index is 4.47. The number of nitrogens with one attached hydrogen (secondary N) is 1. The van der Waals surface area contributed by atoms with E-state index in [2.05, 4.69) is 79.1 Å². The number of benzene rings is 1. The number of aliphatic imine (C=N–C) groups is 1. The van der Waals surface area contributed by atoms with Crippen molar-refractivity contribution in [3.8, 4) is 0 Å². The molecule has 0 spiro atoms. The van der Waals surface area contributed by atoms with E-state index in [-0.39, 0.29) is 0 Å². The molecule has 2 heterocycles. The van der Waals surface area contributed by atoms with Crippen molar-refractivity contribution in [1.82, 2.24) is 20.1 Å². The molecule has 1 aliphatic heterocycles. The molecule has 0 amide bonds. The molecule has 2 aromatic rings. The Morgan fingerprint density at radius 3 is 2.54 bits per heavy atom. The Labute approximate surface area is 168 Å². The minimum absolute atomic E-state index is 0.431. The van der Waals surface area contributed by atoms with Crippen LogP contribution in [0.5, 0.6) is 0 Å². The van der Waals surface area contributed by atoms with Crippen molar-refractivity contribution in [2.75, 3.05) is 33.2 Å². The Bertz CT molecular complexity index is 735. The highest BCUT2D eigenvalue weighted by molar-refractivity contribution is 9.10. The molecule has 0 saturated carbocycles. The van der Waals surface area contributed by atoms with Gasteiger partial charge in [-0.3, -0.25) is 9.89 Å². The van der Waals surface area contributed by atoms with Crippen LogP contribution in [0.2, 0.25) is 0 Å². The number of piperazine rings is 1. The molecule has 1 saturated heterocycles. The summed E-state index contributed by atoms with van der Waals surface area (Å²) in [5.41, 5.74) is 4.37. The lowest BCUT2D eigenvalue weighted by atomic mass is 10.1. The zero-order valence-corrected chi connectivity index (χ0v) is 18.0. The first-order valence-corrected chi connectivity index (χ1v) is 10.6. The molecule has 0 radical (unpaired) electrons. The van der Waals surface area contributed by atoms with E-state index in [1.807, 2.05) is 12.6 Å². The van der Waals surface area contributed by atoms with Gasteiger partial charge in [0.2, 0.25) is 0 Å². The van der Waals surface area contributed by atoms with Crippen molar-refractivity contribution < 1.29 is 0 Å². The van der Waals surface area contributed by atoms with E-state index in [0.717, 1.165) is 48.8 Å². The number of thiazole rings is 1. The Morgan fingerprint density at radius 1 is 1.27 bits per heavy atom. The van der Waals surface area contributed by atoms with Crippen LogP contribution in [0.1, 0.15) is 29.1 Å². The number of rotatable bonds is 4.